The Morgan fingerprint density at radius 3 is 2.90 bits per heavy atom. The smallest absolute Gasteiger partial charge is 0.0935 e. The number of nitrogens with zero attached hydrogens (tertiary/aromatic N) is 1. The van der Waals surface area contributed by atoms with Crippen molar-refractivity contribution >= 4 is 22.8 Å². The van der Waals surface area contributed by atoms with Gasteiger partial charge in [0.15, 0.2) is 0 Å². The van der Waals surface area contributed by atoms with Gasteiger partial charge in [-0.05, 0) is 19.9 Å². The second kappa shape index (κ2) is 4.68. The number of nitrogens with two attached hydrogens (primary N) is 1. The summed E-state index contributed by atoms with van der Waals surface area (Å²) in [4.78, 5) is 4.19. The Morgan fingerprint density at radius 2 is 2.50 bits per heavy atom. The molecule has 1 rings (SSSR count). The summed E-state index contributed by atoms with van der Waals surface area (Å²) in [6.45, 7) is 3.64. The van der Waals surface area contributed by atoms with Gasteiger partial charge in [-0.15, -0.1) is 17.0 Å². The van der Waals surface area contributed by atoms with E-state index in [1.54, 1.807) is 0 Å². The molecule has 0 spiro atoms. The Kier molecular flexibility index (Phi) is 4.64. The van der Waals surface area contributed by atoms with Crippen LogP contribution in [-0.4, -0.2) is 25.0 Å². The fourth-order valence-corrected chi connectivity index (χ4v) is 0.998. The normalized spacial score (nSPS) is 23.0. The number of hydrogen-bond acceptors (Lipinski definition) is 3. The maximum Gasteiger partial charge on any atom is 0.0935 e. The minimum absolute atomic E-state index is 0. The van der Waals surface area contributed by atoms with Crippen molar-refractivity contribution in [3.8, 4) is 0 Å². The number of nitrogens with one attached hydrogen (secondary N) is 1. The molecule has 60 valence electrons. The Hall–Kier alpha value is -0.0900. The molecule has 4 heteroatoms. The molecular weight excluding hydrogens is 194 g/mol. The van der Waals surface area contributed by atoms with Crippen molar-refractivity contribution in [3.63, 3.8) is 0 Å². The van der Waals surface area contributed by atoms with Crippen LogP contribution < -0.4 is 11.1 Å². The van der Waals surface area contributed by atoms with Crippen LogP contribution >= 0.6 is 17.0 Å². The van der Waals surface area contributed by atoms with Gasteiger partial charge < -0.3 is 11.1 Å². The molecule has 0 aromatic heterocycles. The molecule has 1 aliphatic heterocycles. The van der Waals surface area contributed by atoms with Crippen LogP contribution in [0.4, 0.5) is 0 Å². The van der Waals surface area contributed by atoms with Crippen molar-refractivity contribution in [1.82, 2.24) is 5.32 Å². The molecule has 3 N–H and O–H groups in total. The predicted molar refractivity (Wildman–Crippen MR) is 48.9 cm³/mol. The van der Waals surface area contributed by atoms with Crippen molar-refractivity contribution in [2.45, 2.75) is 19.4 Å². The summed E-state index contributed by atoms with van der Waals surface area (Å²) in [7, 11) is 0. The number of rotatable bonds is 2. The molecule has 0 saturated heterocycles. The average Bonchev–Trinajstić information content (AvgIpc) is 2.17. The third kappa shape index (κ3) is 2.66. The number of hydrogen-bond donors (Lipinski definition) is 2. The summed E-state index contributed by atoms with van der Waals surface area (Å²) in [6.07, 6.45) is 1.03. The first-order chi connectivity index (χ1) is 4.33. The summed E-state index contributed by atoms with van der Waals surface area (Å²) in [6, 6.07) is 0.509. The standard InChI is InChI=1S/C6H13N3.BrH/c1-5-8-4-6(9-5)2-3-7;/h6H,2-4,7H2,1H3,(H,8,9);1H/t6-;/m0./s1. The van der Waals surface area contributed by atoms with E-state index in [0.29, 0.717) is 6.04 Å². The molecule has 1 aliphatic rings. The lowest BCUT2D eigenvalue weighted by atomic mass is 10.2. The molecule has 0 aromatic rings. The van der Waals surface area contributed by atoms with Crippen LogP contribution in [0, 0.1) is 0 Å². The van der Waals surface area contributed by atoms with Gasteiger partial charge in [-0.25, -0.2) is 0 Å². The highest BCUT2D eigenvalue weighted by Gasteiger charge is 2.11. The minimum atomic E-state index is 0. The van der Waals surface area contributed by atoms with Gasteiger partial charge in [-0.1, -0.05) is 0 Å². The zero-order valence-electron chi connectivity index (χ0n) is 6.13. The quantitative estimate of drug-likeness (QED) is 0.685. The molecular formula is C6H14BrN3. The van der Waals surface area contributed by atoms with E-state index in [1.165, 1.54) is 0 Å². The summed E-state index contributed by atoms with van der Waals surface area (Å²) in [5.41, 5.74) is 5.36. The largest absolute Gasteiger partial charge is 0.369 e. The SMILES string of the molecule is Br.CC1=NC[C@H](CCN)N1. The van der Waals surface area contributed by atoms with Gasteiger partial charge in [0.05, 0.1) is 12.4 Å². The monoisotopic (exact) mass is 207 g/mol. The highest BCUT2D eigenvalue weighted by atomic mass is 79.9. The molecule has 0 fully saturated rings. The highest BCUT2D eigenvalue weighted by Crippen LogP contribution is 1.97. The summed E-state index contributed by atoms with van der Waals surface area (Å²) in [5.74, 6) is 1.05. The fraction of sp³-hybridized carbons (Fsp3) is 0.833. The number of amidine groups is 1. The number of aliphatic imine (C=N–C) groups is 1. The zero-order valence-corrected chi connectivity index (χ0v) is 7.84. The molecule has 1 heterocycles. The van der Waals surface area contributed by atoms with Crippen LogP contribution in [0.1, 0.15) is 13.3 Å². The van der Waals surface area contributed by atoms with Gasteiger partial charge in [0.2, 0.25) is 0 Å². The van der Waals surface area contributed by atoms with E-state index < -0.39 is 0 Å². The van der Waals surface area contributed by atoms with Crippen LogP contribution in [0.3, 0.4) is 0 Å². The first-order valence-electron chi connectivity index (χ1n) is 3.30. The van der Waals surface area contributed by atoms with E-state index in [1.807, 2.05) is 6.92 Å². The Labute approximate surface area is 71.9 Å². The first kappa shape index (κ1) is 9.91. The summed E-state index contributed by atoms with van der Waals surface area (Å²) in [5, 5.41) is 3.22. The van der Waals surface area contributed by atoms with Crippen LogP contribution in [0.2, 0.25) is 0 Å². The molecule has 0 radical (unpaired) electrons. The van der Waals surface area contributed by atoms with Crippen molar-refractivity contribution in [2.24, 2.45) is 10.7 Å². The Balaban J connectivity index is 0.000000810. The molecule has 3 nitrogen and oxygen atoms in total. The lowest BCUT2D eigenvalue weighted by molar-refractivity contribution is 0.609. The van der Waals surface area contributed by atoms with Crippen molar-refractivity contribution < 1.29 is 0 Å². The molecule has 0 aliphatic carbocycles. The molecule has 1 atom stereocenters. The van der Waals surface area contributed by atoms with Crippen LogP contribution in [-0.2, 0) is 0 Å². The summed E-state index contributed by atoms with van der Waals surface area (Å²) < 4.78 is 0. The predicted octanol–water partition coefficient (Wildman–Crippen LogP) is 0.303. The van der Waals surface area contributed by atoms with Crippen molar-refractivity contribution in [1.29, 1.82) is 0 Å². The molecule has 0 saturated carbocycles. The van der Waals surface area contributed by atoms with E-state index in [-0.39, 0.29) is 17.0 Å². The van der Waals surface area contributed by atoms with E-state index in [4.69, 9.17) is 5.73 Å². The third-order valence-corrected chi connectivity index (χ3v) is 1.48. The average molecular weight is 208 g/mol. The Bertz CT molecular complexity index is 124. The minimum Gasteiger partial charge on any atom is -0.369 e. The third-order valence-electron chi connectivity index (χ3n) is 1.48. The van der Waals surface area contributed by atoms with Gasteiger partial charge in [-0.3, -0.25) is 4.99 Å². The Morgan fingerprint density at radius 1 is 1.80 bits per heavy atom. The van der Waals surface area contributed by atoms with Gasteiger partial charge >= 0.3 is 0 Å². The van der Waals surface area contributed by atoms with Crippen LogP contribution in [0.5, 0.6) is 0 Å². The van der Waals surface area contributed by atoms with Crippen LogP contribution in [0.25, 0.3) is 0 Å². The highest BCUT2D eigenvalue weighted by molar-refractivity contribution is 8.93. The second-order valence-electron chi connectivity index (χ2n) is 2.34. The van der Waals surface area contributed by atoms with Crippen LogP contribution in [0.15, 0.2) is 4.99 Å². The first-order valence-corrected chi connectivity index (χ1v) is 3.30. The maximum atomic E-state index is 5.36. The zero-order chi connectivity index (χ0) is 6.69. The van der Waals surface area contributed by atoms with E-state index in [2.05, 4.69) is 10.3 Å². The fourth-order valence-electron chi connectivity index (χ4n) is 0.998. The molecule has 10 heavy (non-hydrogen) atoms. The molecule has 0 aromatic carbocycles. The van der Waals surface area contributed by atoms with Crippen molar-refractivity contribution in [3.05, 3.63) is 0 Å². The van der Waals surface area contributed by atoms with Gasteiger partial charge in [0, 0.05) is 6.04 Å². The maximum absolute atomic E-state index is 5.36. The molecule has 0 amide bonds. The number of halogens is 1. The molecule has 0 unspecified atom stereocenters. The summed E-state index contributed by atoms with van der Waals surface area (Å²) >= 11 is 0. The topological polar surface area (TPSA) is 50.4 Å². The van der Waals surface area contributed by atoms with Crippen molar-refractivity contribution in [2.75, 3.05) is 13.1 Å². The molecule has 0 bridgehead atoms. The van der Waals surface area contributed by atoms with Gasteiger partial charge in [-0.2, -0.15) is 0 Å². The lowest BCUT2D eigenvalue weighted by Crippen LogP contribution is -2.30. The van der Waals surface area contributed by atoms with E-state index >= 15 is 0 Å². The van der Waals surface area contributed by atoms with E-state index in [0.717, 1.165) is 25.3 Å². The van der Waals surface area contributed by atoms with Gasteiger partial charge in [0.25, 0.3) is 0 Å². The van der Waals surface area contributed by atoms with E-state index in [9.17, 15) is 0 Å². The lowest BCUT2D eigenvalue weighted by Gasteiger charge is -2.07. The second-order valence-corrected chi connectivity index (χ2v) is 2.34. The van der Waals surface area contributed by atoms with Gasteiger partial charge in [0.1, 0.15) is 0 Å².